The molecule has 2 aromatic carbocycles. The first-order chi connectivity index (χ1) is 12.7. The Morgan fingerprint density at radius 1 is 0.962 bits per heavy atom. The lowest BCUT2D eigenvalue weighted by molar-refractivity contribution is -0.113. The van der Waals surface area contributed by atoms with Crippen LogP contribution in [0.5, 0.6) is 11.5 Å². The Morgan fingerprint density at radius 3 is 2.38 bits per heavy atom. The fourth-order valence-electron chi connectivity index (χ4n) is 2.48. The van der Waals surface area contributed by atoms with Crippen molar-refractivity contribution in [2.24, 2.45) is 0 Å². The Morgan fingerprint density at radius 2 is 1.69 bits per heavy atom. The lowest BCUT2D eigenvalue weighted by Gasteiger charge is -2.15. The SMILES string of the molecule is O=C1C(=Cc2ccco2)SC(=S)N1c1ccc(Oc2ccccc2)cc1. The number of benzene rings is 2. The number of nitrogens with zero attached hydrogens (tertiary/aromatic N) is 1. The molecule has 0 N–H and O–H groups in total. The molecule has 0 atom stereocenters. The molecule has 0 bridgehead atoms. The number of carbonyl (C=O) groups is 1. The van der Waals surface area contributed by atoms with Crippen molar-refractivity contribution in [3.05, 3.63) is 83.7 Å². The van der Waals surface area contributed by atoms with Gasteiger partial charge in [-0.2, -0.15) is 0 Å². The molecule has 1 saturated heterocycles. The van der Waals surface area contributed by atoms with Gasteiger partial charge in [0.25, 0.3) is 5.91 Å². The summed E-state index contributed by atoms with van der Waals surface area (Å²) in [6.45, 7) is 0. The van der Waals surface area contributed by atoms with Crippen molar-refractivity contribution in [1.29, 1.82) is 0 Å². The van der Waals surface area contributed by atoms with Gasteiger partial charge in [-0.25, -0.2) is 0 Å². The average molecular weight is 379 g/mol. The van der Waals surface area contributed by atoms with Crippen LogP contribution in [0.4, 0.5) is 5.69 Å². The minimum atomic E-state index is -0.159. The molecule has 2 heterocycles. The predicted octanol–water partition coefficient (Wildman–Crippen LogP) is 5.48. The fraction of sp³-hybridized carbons (Fsp3) is 0. The molecule has 6 heteroatoms. The highest BCUT2D eigenvalue weighted by Crippen LogP contribution is 2.36. The van der Waals surface area contributed by atoms with Crippen molar-refractivity contribution in [2.45, 2.75) is 0 Å². The Hall–Kier alpha value is -2.83. The molecular formula is C20H13NO3S2. The largest absolute Gasteiger partial charge is 0.465 e. The maximum Gasteiger partial charge on any atom is 0.270 e. The number of rotatable bonds is 4. The van der Waals surface area contributed by atoms with E-state index >= 15 is 0 Å². The first-order valence-corrected chi connectivity index (χ1v) is 9.07. The third-order valence-electron chi connectivity index (χ3n) is 3.68. The highest BCUT2D eigenvalue weighted by atomic mass is 32.2. The Bertz CT molecular complexity index is 964. The number of anilines is 1. The van der Waals surface area contributed by atoms with E-state index in [9.17, 15) is 4.79 Å². The smallest absolute Gasteiger partial charge is 0.270 e. The molecule has 1 fully saturated rings. The van der Waals surface area contributed by atoms with Gasteiger partial charge >= 0.3 is 0 Å². The van der Waals surface area contributed by atoms with Crippen molar-refractivity contribution in [3.63, 3.8) is 0 Å². The third-order valence-corrected chi connectivity index (χ3v) is 4.99. The van der Waals surface area contributed by atoms with E-state index in [-0.39, 0.29) is 5.91 Å². The lowest BCUT2D eigenvalue weighted by Crippen LogP contribution is -2.27. The molecule has 1 aliphatic rings. The van der Waals surface area contributed by atoms with Crippen LogP contribution in [-0.2, 0) is 4.79 Å². The number of thioether (sulfide) groups is 1. The van der Waals surface area contributed by atoms with Gasteiger partial charge in [0.2, 0.25) is 0 Å². The summed E-state index contributed by atoms with van der Waals surface area (Å²) >= 11 is 6.63. The zero-order valence-electron chi connectivity index (χ0n) is 13.5. The van der Waals surface area contributed by atoms with E-state index in [0.717, 1.165) is 5.75 Å². The number of para-hydroxylation sites is 1. The maximum atomic E-state index is 12.7. The number of amides is 1. The number of ether oxygens (including phenoxy) is 1. The van der Waals surface area contributed by atoms with Gasteiger partial charge in [0.15, 0.2) is 4.32 Å². The van der Waals surface area contributed by atoms with Crippen LogP contribution in [0.25, 0.3) is 6.08 Å². The van der Waals surface area contributed by atoms with E-state index in [0.29, 0.717) is 26.4 Å². The highest BCUT2D eigenvalue weighted by Gasteiger charge is 2.33. The summed E-state index contributed by atoms with van der Waals surface area (Å²) in [7, 11) is 0. The van der Waals surface area contributed by atoms with Crippen molar-refractivity contribution in [1.82, 2.24) is 0 Å². The number of carbonyl (C=O) groups excluding carboxylic acids is 1. The minimum Gasteiger partial charge on any atom is -0.465 e. The summed E-state index contributed by atoms with van der Waals surface area (Å²) in [6.07, 6.45) is 3.27. The molecule has 128 valence electrons. The highest BCUT2D eigenvalue weighted by molar-refractivity contribution is 8.27. The molecule has 0 radical (unpaired) electrons. The maximum absolute atomic E-state index is 12.7. The van der Waals surface area contributed by atoms with Gasteiger partial charge in [-0.05, 0) is 48.5 Å². The van der Waals surface area contributed by atoms with Gasteiger partial charge in [0.05, 0.1) is 16.9 Å². The zero-order chi connectivity index (χ0) is 17.9. The van der Waals surface area contributed by atoms with Crippen molar-refractivity contribution in [2.75, 3.05) is 4.90 Å². The van der Waals surface area contributed by atoms with Gasteiger partial charge in [0.1, 0.15) is 17.3 Å². The van der Waals surface area contributed by atoms with E-state index in [1.54, 1.807) is 24.5 Å². The van der Waals surface area contributed by atoms with Crippen molar-refractivity contribution >= 4 is 46.0 Å². The summed E-state index contributed by atoms with van der Waals surface area (Å²) in [6, 6.07) is 20.4. The number of furan rings is 1. The molecule has 4 nitrogen and oxygen atoms in total. The summed E-state index contributed by atoms with van der Waals surface area (Å²) in [5.74, 6) is 1.91. The van der Waals surface area contributed by atoms with Crippen LogP contribution in [-0.4, -0.2) is 10.2 Å². The second-order valence-corrected chi connectivity index (χ2v) is 7.12. The Balaban J connectivity index is 1.54. The number of thiocarbonyl (C=S) groups is 1. The zero-order valence-corrected chi connectivity index (χ0v) is 15.1. The van der Waals surface area contributed by atoms with Crippen LogP contribution >= 0.6 is 24.0 Å². The van der Waals surface area contributed by atoms with Crippen LogP contribution in [0.3, 0.4) is 0 Å². The van der Waals surface area contributed by atoms with E-state index in [1.807, 2.05) is 54.6 Å². The minimum absolute atomic E-state index is 0.159. The summed E-state index contributed by atoms with van der Waals surface area (Å²) < 4.78 is 11.5. The van der Waals surface area contributed by atoms with Gasteiger partial charge in [0, 0.05) is 6.08 Å². The molecule has 0 aliphatic carbocycles. The second-order valence-electron chi connectivity index (χ2n) is 5.44. The second kappa shape index (κ2) is 7.19. The van der Waals surface area contributed by atoms with Crippen LogP contribution in [0.2, 0.25) is 0 Å². The lowest BCUT2D eigenvalue weighted by atomic mass is 10.2. The van der Waals surface area contributed by atoms with E-state index in [4.69, 9.17) is 21.4 Å². The molecule has 0 spiro atoms. The van der Waals surface area contributed by atoms with Crippen molar-refractivity contribution < 1.29 is 13.9 Å². The normalized spacial score (nSPS) is 15.7. The molecule has 1 amide bonds. The fourth-order valence-corrected chi connectivity index (χ4v) is 3.76. The quantitative estimate of drug-likeness (QED) is 0.444. The van der Waals surface area contributed by atoms with Gasteiger partial charge in [-0.1, -0.05) is 42.2 Å². The van der Waals surface area contributed by atoms with Crippen LogP contribution < -0.4 is 9.64 Å². The first-order valence-electron chi connectivity index (χ1n) is 7.85. The molecule has 1 aliphatic heterocycles. The summed E-state index contributed by atoms with van der Waals surface area (Å²) in [5, 5.41) is 0. The van der Waals surface area contributed by atoms with Gasteiger partial charge in [-0.3, -0.25) is 9.69 Å². The molecular weight excluding hydrogens is 366 g/mol. The summed E-state index contributed by atoms with van der Waals surface area (Å²) in [4.78, 5) is 14.7. The predicted molar refractivity (Wildman–Crippen MR) is 107 cm³/mol. The Labute approximate surface area is 160 Å². The monoisotopic (exact) mass is 379 g/mol. The van der Waals surface area contributed by atoms with Crippen LogP contribution in [0.1, 0.15) is 5.76 Å². The number of hydrogen-bond donors (Lipinski definition) is 0. The molecule has 4 rings (SSSR count). The molecule has 26 heavy (non-hydrogen) atoms. The molecule has 1 aromatic heterocycles. The topological polar surface area (TPSA) is 42.7 Å². The van der Waals surface area contributed by atoms with E-state index in [2.05, 4.69) is 0 Å². The van der Waals surface area contributed by atoms with Crippen LogP contribution in [0, 0.1) is 0 Å². The average Bonchev–Trinajstić information content (AvgIpc) is 3.26. The Kier molecular flexibility index (Phi) is 4.60. The van der Waals surface area contributed by atoms with Gasteiger partial charge < -0.3 is 9.15 Å². The van der Waals surface area contributed by atoms with E-state index < -0.39 is 0 Å². The van der Waals surface area contributed by atoms with E-state index in [1.165, 1.54) is 16.7 Å². The van der Waals surface area contributed by atoms with Crippen LogP contribution in [0.15, 0.2) is 82.3 Å². The summed E-state index contributed by atoms with van der Waals surface area (Å²) in [5.41, 5.74) is 0.704. The molecule has 0 unspecified atom stereocenters. The first kappa shape index (κ1) is 16.6. The molecule has 0 saturated carbocycles. The standard InChI is InChI=1S/C20H13NO3S2/c22-19-18(13-17-7-4-12-23-17)26-20(25)21(19)14-8-10-16(11-9-14)24-15-5-2-1-3-6-15/h1-13H. The third kappa shape index (κ3) is 3.42. The van der Waals surface area contributed by atoms with Crippen molar-refractivity contribution in [3.8, 4) is 11.5 Å². The number of hydrogen-bond acceptors (Lipinski definition) is 5. The van der Waals surface area contributed by atoms with Gasteiger partial charge in [-0.15, -0.1) is 0 Å². The molecule has 3 aromatic rings.